The van der Waals surface area contributed by atoms with Gasteiger partial charge < -0.3 is 15.2 Å². The molecule has 0 aliphatic rings. The van der Waals surface area contributed by atoms with Crippen LogP contribution in [0.1, 0.15) is 106 Å². The van der Waals surface area contributed by atoms with Crippen LogP contribution >= 0.6 is 11.3 Å². The first-order valence-corrected chi connectivity index (χ1v) is 18.6. The van der Waals surface area contributed by atoms with E-state index in [4.69, 9.17) is 9.84 Å². The number of ketones is 1. The summed E-state index contributed by atoms with van der Waals surface area (Å²) in [4.78, 5) is 48.5. The standard InChI is InChI=1S/C41H51N3O5S/c1-5-6-7-8-11-24-49-34-19-17-30(18-20-34)33-27-43-39(44-28-33)31-15-13-29(14-16-31)25-32(40(48)42-23-10-9-12-38(46)47)26-35(45)36-21-22-37(50-36)41(2,3)4/h13-22,27-28,32H,5-12,23-26H2,1-4H3,(H,42,48)(H,46,47). The topological polar surface area (TPSA) is 118 Å². The third-order valence-corrected chi connectivity index (χ3v) is 10.1. The Morgan fingerprint density at radius 2 is 1.50 bits per heavy atom. The second-order valence-electron chi connectivity index (χ2n) is 13.9. The highest BCUT2D eigenvalue weighted by atomic mass is 32.1. The number of Topliss-reactive ketones (excluding diaryl/α,β-unsaturated/α-hetero) is 1. The molecular weight excluding hydrogens is 647 g/mol. The van der Waals surface area contributed by atoms with Crippen LogP contribution in [0, 0.1) is 5.92 Å². The minimum absolute atomic E-state index is 0.0541. The molecule has 4 rings (SSSR count). The van der Waals surface area contributed by atoms with E-state index in [2.05, 4.69) is 43.0 Å². The number of aliphatic carboxylic acids is 1. The fourth-order valence-corrected chi connectivity index (χ4v) is 6.58. The van der Waals surface area contributed by atoms with Crippen LogP contribution in [0.25, 0.3) is 22.5 Å². The van der Waals surface area contributed by atoms with E-state index in [1.807, 2.05) is 73.1 Å². The fraction of sp³-hybridized carbons (Fsp3) is 0.439. The molecule has 1 atom stereocenters. The molecule has 0 bridgehead atoms. The smallest absolute Gasteiger partial charge is 0.303 e. The van der Waals surface area contributed by atoms with E-state index < -0.39 is 11.9 Å². The van der Waals surface area contributed by atoms with Gasteiger partial charge in [-0.3, -0.25) is 14.4 Å². The van der Waals surface area contributed by atoms with Crippen LogP contribution in [0.2, 0.25) is 0 Å². The molecule has 0 saturated carbocycles. The van der Waals surface area contributed by atoms with Gasteiger partial charge in [-0.05, 0) is 66.5 Å². The van der Waals surface area contributed by atoms with Crippen molar-refractivity contribution in [1.29, 1.82) is 0 Å². The predicted molar refractivity (Wildman–Crippen MR) is 201 cm³/mol. The lowest BCUT2D eigenvalue weighted by atomic mass is 9.92. The van der Waals surface area contributed by atoms with Gasteiger partial charge in [0.05, 0.1) is 11.5 Å². The van der Waals surface area contributed by atoms with Crippen LogP contribution in [-0.4, -0.2) is 45.9 Å². The molecule has 0 saturated heterocycles. The number of hydrogen-bond acceptors (Lipinski definition) is 7. The molecule has 50 heavy (non-hydrogen) atoms. The van der Waals surface area contributed by atoms with Gasteiger partial charge in [-0.25, -0.2) is 9.97 Å². The van der Waals surface area contributed by atoms with Gasteiger partial charge in [-0.15, -0.1) is 11.3 Å². The van der Waals surface area contributed by atoms with Crippen molar-refractivity contribution in [2.75, 3.05) is 13.2 Å². The highest BCUT2D eigenvalue weighted by molar-refractivity contribution is 7.14. The summed E-state index contributed by atoms with van der Waals surface area (Å²) in [6, 6.07) is 19.7. The number of carboxylic acid groups (broad SMARTS) is 1. The van der Waals surface area contributed by atoms with Crippen LogP contribution in [0.3, 0.4) is 0 Å². The summed E-state index contributed by atoms with van der Waals surface area (Å²) in [5, 5.41) is 11.8. The highest BCUT2D eigenvalue weighted by Gasteiger charge is 2.25. The lowest BCUT2D eigenvalue weighted by Crippen LogP contribution is -2.34. The summed E-state index contributed by atoms with van der Waals surface area (Å²) in [7, 11) is 0. The van der Waals surface area contributed by atoms with Crippen molar-refractivity contribution in [2.45, 2.75) is 97.3 Å². The van der Waals surface area contributed by atoms with Gasteiger partial charge in [-0.1, -0.05) is 89.8 Å². The maximum atomic E-state index is 13.4. The molecular formula is C41H51N3O5S. The number of unbranched alkanes of at least 4 members (excludes halogenated alkanes) is 5. The van der Waals surface area contributed by atoms with Crippen LogP contribution in [0.5, 0.6) is 5.75 Å². The number of nitrogens with one attached hydrogen (secondary N) is 1. The summed E-state index contributed by atoms with van der Waals surface area (Å²) >= 11 is 1.48. The highest BCUT2D eigenvalue weighted by Crippen LogP contribution is 2.31. The largest absolute Gasteiger partial charge is 0.494 e. The number of carbonyl (C=O) groups excluding carboxylic acids is 2. The number of carbonyl (C=O) groups is 3. The van der Waals surface area contributed by atoms with Crippen molar-refractivity contribution in [3.05, 3.63) is 88.4 Å². The molecule has 0 fully saturated rings. The van der Waals surface area contributed by atoms with E-state index in [0.717, 1.165) is 45.9 Å². The van der Waals surface area contributed by atoms with Gasteiger partial charge in [-0.2, -0.15) is 0 Å². The Morgan fingerprint density at radius 1 is 0.820 bits per heavy atom. The van der Waals surface area contributed by atoms with Gasteiger partial charge in [0.1, 0.15) is 5.75 Å². The van der Waals surface area contributed by atoms with Crippen LogP contribution in [-0.2, 0) is 21.4 Å². The van der Waals surface area contributed by atoms with Crippen LogP contribution in [0.15, 0.2) is 73.1 Å². The van der Waals surface area contributed by atoms with Crippen molar-refractivity contribution in [1.82, 2.24) is 15.3 Å². The molecule has 1 unspecified atom stereocenters. The number of hydrogen-bond donors (Lipinski definition) is 2. The van der Waals surface area contributed by atoms with Crippen molar-refractivity contribution in [3.8, 4) is 28.3 Å². The third-order valence-electron chi connectivity index (χ3n) is 8.59. The Bertz CT molecular complexity index is 1660. The van der Waals surface area contributed by atoms with Crippen molar-refractivity contribution < 1.29 is 24.2 Å². The summed E-state index contributed by atoms with van der Waals surface area (Å²) in [5.74, 6) is -0.210. The molecule has 0 spiro atoms. The summed E-state index contributed by atoms with van der Waals surface area (Å²) in [6.07, 6.45) is 11.3. The van der Waals surface area contributed by atoms with E-state index in [1.54, 1.807) is 0 Å². The molecule has 2 aromatic heterocycles. The quantitative estimate of drug-likeness (QED) is 0.0698. The van der Waals surface area contributed by atoms with E-state index in [-0.39, 0.29) is 29.9 Å². The molecule has 266 valence electrons. The molecule has 9 heteroatoms. The molecule has 0 aliphatic carbocycles. The average Bonchev–Trinajstić information content (AvgIpc) is 3.62. The zero-order valence-electron chi connectivity index (χ0n) is 29.9. The molecule has 4 aromatic rings. The van der Waals surface area contributed by atoms with Crippen LogP contribution in [0.4, 0.5) is 0 Å². The SMILES string of the molecule is CCCCCCCOc1ccc(-c2cnc(-c3ccc(CC(CC(=O)c4ccc(C(C)(C)C)s4)C(=O)NCCCCC(=O)O)cc3)nc2)cc1. The first-order chi connectivity index (χ1) is 24.0. The van der Waals surface area contributed by atoms with E-state index in [0.29, 0.717) is 36.5 Å². The van der Waals surface area contributed by atoms with Crippen molar-refractivity contribution in [2.24, 2.45) is 5.92 Å². The number of benzene rings is 2. The van der Waals surface area contributed by atoms with Gasteiger partial charge in [0.15, 0.2) is 11.6 Å². The van der Waals surface area contributed by atoms with Gasteiger partial charge in [0.2, 0.25) is 5.91 Å². The molecule has 0 aliphatic heterocycles. The molecule has 2 N–H and O–H groups in total. The number of aromatic nitrogens is 2. The number of thiophene rings is 1. The van der Waals surface area contributed by atoms with Crippen LogP contribution < -0.4 is 10.1 Å². The Kier molecular flexibility index (Phi) is 14.7. The Labute approximate surface area is 300 Å². The number of carboxylic acids is 1. The summed E-state index contributed by atoms with van der Waals surface area (Å²) < 4.78 is 5.90. The number of nitrogens with zero attached hydrogens (tertiary/aromatic N) is 2. The minimum atomic E-state index is -0.852. The molecule has 1 amide bonds. The molecule has 0 radical (unpaired) electrons. The second-order valence-corrected chi connectivity index (χ2v) is 14.9. The first kappa shape index (κ1) is 38.4. The minimum Gasteiger partial charge on any atom is -0.494 e. The monoisotopic (exact) mass is 697 g/mol. The number of ether oxygens (including phenoxy) is 1. The van der Waals surface area contributed by atoms with Crippen molar-refractivity contribution in [3.63, 3.8) is 0 Å². The average molecular weight is 698 g/mol. The Hall–Kier alpha value is -4.37. The third kappa shape index (κ3) is 12.2. The van der Waals surface area contributed by atoms with E-state index >= 15 is 0 Å². The van der Waals surface area contributed by atoms with E-state index in [9.17, 15) is 14.4 Å². The van der Waals surface area contributed by atoms with E-state index in [1.165, 1.54) is 37.0 Å². The lowest BCUT2D eigenvalue weighted by molar-refractivity contribution is -0.137. The lowest BCUT2D eigenvalue weighted by Gasteiger charge is -2.17. The summed E-state index contributed by atoms with van der Waals surface area (Å²) in [5.41, 5.74) is 3.65. The zero-order chi connectivity index (χ0) is 35.9. The van der Waals surface area contributed by atoms with Gasteiger partial charge >= 0.3 is 5.97 Å². The van der Waals surface area contributed by atoms with Gasteiger partial charge in [0.25, 0.3) is 0 Å². The summed E-state index contributed by atoms with van der Waals surface area (Å²) in [6.45, 7) is 9.66. The van der Waals surface area contributed by atoms with Crippen molar-refractivity contribution >= 4 is 29.0 Å². The Morgan fingerprint density at radius 3 is 2.14 bits per heavy atom. The Balaban J connectivity index is 1.37. The maximum Gasteiger partial charge on any atom is 0.303 e. The van der Waals surface area contributed by atoms with Gasteiger partial charge in [0, 0.05) is 53.7 Å². The predicted octanol–water partition coefficient (Wildman–Crippen LogP) is 9.32. The number of rotatable bonds is 20. The fourth-order valence-electron chi connectivity index (χ4n) is 5.57. The molecule has 2 aromatic carbocycles. The normalized spacial score (nSPS) is 12.0. The molecule has 2 heterocycles. The second kappa shape index (κ2) is 19.1. The zero-order valence-corrected chi connectivity index (χ0v) is 30.7. The molecule has 8 nitrogen and oxygen atoms in total. The first-order valence-electron chi connectivity index (χ1n) is 17.8. The maximum absolute atomic E-state index is 13.4. The number of amides is 1.